The van der Waals surface area contributed by atoms with Crippen molar-refractivity contribution in [1.29, 1.82) is 0 Å². The summed E-state index contributed by atoms with van der Waals surface area (Å²) in [5.41, 5.74) is 7.76. The molecule has 0 aliphatic rings. The van der Waals surface area contributed by atoms with Gasteiger partial charge in [0.05, 0.1) is 6.61 Å². The van der Waals surface area contributed by atoms with Crippen LogP contribution in [0.2, 0.25) is 5.02 Å². The third-order valence-corrected chi connectivity index (χ3v) is 6.08. The van der Waals surface area contributed by atoms with Crippen LogP contribution in [-0.4, -0.2) is 5.11 Å². The summed E-state index contributed by atoms with van der Waals surface area (Å²) in [6, 6.07) is 23.5. The van der Waals surface area contributed by atoms with Crippen molar-refractivity contribution in [2.24, 2.45) is 0 Å². The van der Waals surface area contributed by atoms with Gasteiger partial charge in [-0.3, -0.25) is 0 Å². The van der Waals surface area contributed by atoms with E-state index in [9.17, 15) is 5.11 Å². The van der Waals surface area contributed by atoms with Gasteiger partial charge in [0.25, 0.3) is 0 Å². The van der Waals surface area contributed by atoms with E-state index in [1.807, 2.05) is 18.2 Å². The zero-order chi connectivity index (χ0) is 20.6. The predicted molar refractivity (Wildman–Crippen MR) is 124 cm³/mol. The molecule has 0 heterocycles. The van der Waals surface area contributed by atoms with Crippen molar-refractivity contribution in [2.45, 2.75) is 58.5 Å². The number of hydrogen-bond acceptors (Lipinski definition) is 1. The molecule has 0 radical (unpaired) electrons. The second-order valence-electron chi connectivity index (χ2n) is 8.10. The highest BCUT2D eigenvalue weighted by Gasteiger charge is 2.13. The minimum atomic E-state index is 0.111. The van der Waals surface area contributed by atoms with Crippen LogP contribution >= 0.6 is 11.6 Å². The van der Waals surface area contributed by atoms with Gasteiger partial charge in [-0.05, 0) is 91.0 Å². The lowest BCUT2D eigenvalue weighted by Gasteiger charge is -2.19. The molecule has 29 heavy (non-hydrogen) atoms. The van der Waals surface area contributed by atoms with E-state index in [0.29, 0.717) is 5.92 Å². The van der Waals surface area contributed by atoms with Crippen LogP contribution in [0.25, 0.3) is 0 Å². The molecule has 0 amide bonds. The van der Waals surface area contributed by atoms with Crippen LogP contribution in [0.3, 0.4) is 0 Å². The molecule has 0 spiro atoms. The summed E-state index contributed by atoms with van der Waals surface area (Å²) in [4.78, 5) is 0. The molecule has 2 heteroatoms. The number of aliphatic hydroxyl groups excluding tert-OH is 1. The van der Waals surface area contributed by atoms with E-state index in [1.54, 1.807) is 0 Å². The zero-order valence-corrected chi connectivity index (χ0v) is 18.3. The highest BCUT2D eigenvalue weighted by atomic mass is 35.5. The molecule has 0 bridgehead atoms. The quantitative estimate of drug-likeness (QED) is 0.373. The summed E-state index contributed by atoms with van der Waals surface area (Å²) >= 11 is 6.29. The fourth-order valence-corrected chi connectivity index (χ4v) is 4.09. The second kappa shape index (κ2) is 10.6. The third kappa shape index (κ3) is 6.45. The molecule has 1 N–H and O–H groups in total. The molecule has 1 atom stereocenters. The molecule has 0 saturated carbocycles. The molecule has 0 saturated heterocycles. The number of benzene rings is 3. The first-order valence-electron chi connectivity index (χ1n) is 10.6. The first-order valence-corrected chi connectivity index (χ1v) is 10.9. The lowest BCUT2D eigenvalue weighted by molar-refractivity contribution is 0.282. The van der Waals surface area contributed by atoms with E-state index in [4.69, 9.17) is 11.6 Å². The van der Waals surface area contributed by atoms with Crippen molar-refractivity contribution >= 4 is 11.6 Å². The molecule has 0 unspecified atom stereocenters. The van der Waals surface area contributed by atoms with E-state index in [1.165, 1.54) is 40.7 Å². The molecular weight excluding hydrogens is 376 g/mol. The lowest BCUT2D eigenvalue weighted by Crippen LogP contribution is -2.04. The molecular formula is C27H31ClO. The Labute approximate surface area is 180 Å². The van der Waals surface area contributed by atoms with Crippen molar-refractivity contribution < 1.29 is 5.11 Å². The Hall–Kier alpha value is -2.09. The Balaban J connectivity index is 1.63. The summed E-state index contributed by atoms with van der Waals surface area (Å²) in [6.45, 7) is 4.47. The number of aryl methyl sites for hydroxylation is 3. The van der Waals surface area contributed by atoms with Gasteiger partial charge >= 0.3 is 0 Å². The Bertz CT molecular complexity index is 914. The fraction of sp³-hybridized carbons (Fsp3) is 0.333. The minimum Gasteiger partial charge on any atom is -0.392 e. The summed E-state index contributed by atoms with van der Waals surface area (Å²) < 4.78 is 0. The maximum absolute atomic E-state index is 9.18. The molecule has 1 nitrogen and oxygen atoms in total. The van der Waals surface area contributed by atoms with Crippen LogP contribution in [0, 0.1) is 13.8 Å². The van der Waals surface area contributed by atoms with E-state index in [0.717, 1.165) is 29.8 Å². The molecule has 3 aromatic rings. The predicted octanol–water partition coefficient (Wildman–Crippen LogP) is 7.19. The lowest BCUT2D eigenvalue weighted by atomic mass is 9.86. The highest BCUT2D eigenvalue weighted by molar-refractivity contribution is 6.30. The standard InChI is InChI=1S/C27H31ClO/c1-20-10-11-24(16-21(20)2)17-25(26-8-5-9-27(28)18-26)7-4-3-6-22-12-14-23(19-29)15-13-22/h5,8-16,18,25,29H,3-4,6-7,17,19H2,1-2H3/t25-/m1/s1. The van der Waals surface area contributed by atoms with Crippen LogP contribution in [0.5, 0.6) is 0 Å². The average Bonchev–Trinajstić information content (AvgIpc) is 2.73. The smallest absolute Gasteiger partial charge is 0.0681 e. The Morgan fingerprint density at radius 1 is 0.793 bits per heavy atom. The van der Waals surface area contributed by atoms with Gasteiger partial charge in [-0.15, -0.1) is 0 Å². The van der Waals surface area contributed by atoms with E-state index in [2.05, 4.69) is 62.4 Å². The Morgan fingerprint density at radius 3 is 2.21 bits per heavy atom. The van der Waals surface area contributed by atoms with Crippen LogP contribution in [0.4, 0.5) is 0 Å². The highest BCUT2D eigenvalue weighted by Crippen LogP contribution is 2.29. The Morgan fingerprint density at radius 2 is 1.52 bits per heavy atom. The van der Waals surface area contributed by atoms with E-state index < -0.39 is 0 Å². The van der Waals surface area contributed by atoms with Gasteiger partial charge in [0.1, 0.15) is 0 Å². The first kappa shape index (κ1) is 21.6. The summed E-state index contributed by atoms with van der Waals surface area (Å²) in [6.07, 6.45) is 5.64. The fourth-order valence-electron chi connectivity index (χ4n) is 3.89. The minimum absolute atomic E-state index is 0.111. The number of unbranched alkanes of at least 4 members (excludes halogenated alkanes) is 1. The van der Waals surface area contributed by atoms with Gasteiger partial charge < -0.3 is 5.11 Å². The largest absolute Gasteiger partial charge is 0.392 e. The number of rotatable bonds is 9. The molecule has 3 aromatic carbocycles. The van der Waals surface area contributed by atoms with Crippen LogP contribution in [0.1, 0.15) is 58.6 Å². The zero-order valence-electron chi connectivity index (χ0n) is 17.5. The second-order valence-corrected chi connectivity index (χ2v) is 8.53. The van der Waals surface area contributed by atoms with Crippen LogP contribution < -0.4 is 0 Å². The van der Waals surface area contributed by atoms with Crippen LogP contribution in [-0.2, 0) is 19.4 Å². The van der Waals surface area contributed by atoms with Crippen molar-refractivity contribution in [3.05, 3.63) is 105 Å². The number of aliphatic hydroxyl groups is 1. The summed E-state index contributed by atoms with van der Waals surface area (Å²) in [7, 11) is 0. The topological polar surface area (TPSA) is 20.2 Å². The molecule has 152 valence electrons. The SMILES string of the molecule is Cc1ccc(C[C@@H](CCCCc2ccc(CO)cc2)c2cccc(Cl)c2)cc1C. The molecule has 0 fully saturated rings. The van der Waals surface area contributed by atoms with Crippen molar-refractivity contribution in [3.63, 3.8) is 0 Å². The van der Waals surface area contributed by atoms with Crippen molar-refractivity contribution in [2.75, 3.05) is 0 Å². The summed E-state index contributed by atoms with van der Waals surface area (Å²) in [5, 5.41) is 9.99. The number of hydrogen-bond donors (Lipinski definition) is 1. The number of halogens is 1. The van der Waals surface area contributed by atoms with E-state index in [-0.39, 0.29) is 6.61 Å². The van der Waals surface area contributed by atoms with Gasteiger partial charge in [0.2, 0.25) is 0 Å². The summed E-state index contributed by atoms with van der Waals surface area (Å²) in [5.74, 6) is 0.479. The Kier molecular flexibility index (Phi) is 7.91. The third-order valence-electron chi connectivity index (χ3n) is 5.85. The molecule has 0 aromatic heterocycles. The van der Waals surface area contributed by atoms with E-state index >= 15 is 0 Å². The van der Waals surface area contributed by atoms with Gasteiger partial charge in [-0.2, -0.15) is 0 Å². The monoisotopic (exact) mass is 406 g/mol. The first-order chi connectivity index (χ1) is 14.0. The van der Waals surface area contributed by atoms with Crippen LogP contribution in [0.15, 0.2) is 66.7 Å². The van der Waals surface area contributed by atoms with Gasteiger partial charge in [0.15, 0.2) is 0 Å². The molecule has 0 aliphatic heterocycles. The maximum atomic E-state index is 9.18. The maximum Gasteiger partial charge on any atom is 0.0681 e. The van der Waals surface area contributed by atoms with Crippen molar-refractivity contribution in [3.8, 4) is 0 Å². The average molecular weight is 407 g/mol. The molecule has 0 aliphatic carbocycles. The van der Waals surface area contributed by atoms with Gasteiger partial charge in [-0.1, -0.05) is 72.6 Å². The molecule has 3 rings (SSSR count). The van der Waals surface area contributed by atoms with Crippen molar-refractivity contribution in [1.82, 2.24) is 0 Å². The van der Waals surface area contributed by atoms with Gasteiger partial charge in [0, 0.05) is 5.02 Å². The normalized spacial score (nSPS) is 12.1. The van der Waals surface area contributed by atoms with Gasteiger partial charge in [-0.25, -0.2) is 0 Å².